The number of fused-ring (bicyclic) bond motifs is 1. The highest BCUT2D eigenvalue weighted by atomic mass is 16.1. The summed E-state index contributed by atoms with van der Waals surface area (Å²) in [5.74, 6) is 1.82. The van der Waals surface area contributed by atoms with Crippen molar-refractivity contribution in [2.24, 2.45) is 23.7 Å². The second-order valence-corrected chi connectivity index (χ2v) is 13.5. The second-order valence-electron chi connectivity index (χ2n) is 13.5. The molecule has 4 atom stereocenters. The first-order valence-corrected chi connectivity index (χ1v) is 16.8. The van der Waals surface area contributed by atoms with E-state index < -0.39 is 0 Å². The summed E-state index contributed by atoms with van der Waals surface area (Å²) in [6.07, 6.45) is 17.0. The first-order valence-electron chi connectivity index (χ1n) is 16.8. The van der Waals surface area contributed by atoms with E-state index in [1.807, 2.05) is 6.08 Å². The van der Waals surface area contributed by atoms with Crippen LogP contribution in [-0.4, -0.2) is 17.3 Å². The van der Waals surface area contributed by atoms with E-state index >= 15 is 0 Å². The van der Waals surface area contributed by atoms with E-state index in [0.29, 0.717) is 24.0 Å². The van der Waals surface area contributed by atoms with Crippen LogP contribution in [0.25, 0.3) is 0 Å². The Bertz CT molecular complexity index is 1020. The van der Waals surface area contributed by atoms with Crippen molar-refractivity contribution in [2.45, 2.75) is 151 Å². The third kappa shape index (κ3) is 10.6. The van der Waals surface area contributed by atoms with Gasteiger partial charge in [0.15, 0.2) is 5.78 Å². The van der Waals surface area contributed by atoms with Crippen molar-refractivity contribution in [3.05, 3.63) is 46.5 Å². The molecule has 3 nitrogen and oxygen atoms in total. The molecule has 0 N–H and O–H groups in total. The zero-order chi connectivity index (χ0) is 30.5. The molecule has 0 heterocycles. The Balaban J connectivity index is 2.19. The van der Waals surface area contributed by atoms with E-state index in [-0.39, 0.29) is 35.7 Å². The normalized spacial score (nSPS) is 17.3. The predicted molar refractivity (Wildman–Crippen MR) is 174 cm³/mol. The highest BCUT2D eigenvalue weighted by Gasteiger charge is 2.34. The second kappa shape index (κ2) is 17.8. The quantitative estimate of drug-likeness (QED) is 0.0899. The third-order valence-corrected chi connectivity index (χ3v) is 9.61. The van der Waals surface area contributed by atoms with Gasteiger partial charge < -0.3 is 0 Å². The van der Waals surface area contributed by atoms with E-state index in [0.717, 1.165) is 50.5 Å². The molecule has 0 aromatic heterocycles. The summed E-state index contributed by atoms with van der Waals surface area (Å²) in [6, 6.07) is 2.42. The Morgan fingerprint density at radius 2 is 1.73 bits per heavy atom. The maximum Gasteiger partial charge on any atom is 0.163 e. The van der Waals surface area contributed by atoms with Crippen LogP contribution in [0.1, 0.15) is 164 Å². The van der Waals surface area contributed by atoms with Crippen molar-refractivity contribution in [1.29, 1.82) is 0 Å². The largest absolute Gasteiger partial charge is 0.300 e. The minimum atomic E-state index is -0.0850. The number of allylic oxidation sites excluding steroid dienone is 1. The molecule has 0 amide bonds. The monoisotopic (exact) mass is 564 g/mol. The van der Waals surface area contributed by atoms with E-state index in [9.17, 15) is 14.4 Å². The molecular formula is C38H60O3. The average Bonchev–Trinajstić information content (AvgIpc) is 2.90. The van der Waals surface area contributed by atoms with Crippen LogP contribution < -0.4 is 0 Å². The van der Waals surface area contributed by atoms with Gasteiger partial charge in [-0.3, -0.25) is 14.4 Å². The Labute approximate surface area is 252 Å². The van der Waals surface area contributed by atoms with Crippen molar-refractivity contribution >= 4 is 17.3 Å². The molecule has 230 valence electrons. The average molecular weight is 565 g/mol. The summed E-state index contributed by atoms with van der Waals surface area (Å²) in [6.45, 7) is 18.6. The Morgan fingerprint density at radius 3 is 2.34 bits per heavy atom. The minimum absolute atomic E-state index is 0.0406. The fourth-order valence-corrected chi connectivity index (χ4v) is 7.34. The molecule has 0 radical (unpaired) electrons. The van der Waals surface area contributed by atoms with Crippen LogP contribution >= 0.6 is 0 Å². The number of Topliss-reactive ketones (excluding diaryl/α,β-unsaturated/α-hetero) is 3. The number of hydrogen-bond donors (Lipinski definition) is 0. The van der Waals surface area contributed by atoms with Crippen molar-refractivity contribution in [3.63, 3.8) is 0 Å². The fourth-order valence-electron chi connectivity index (χ4n) is 7.34. The Kier molecular flexibility index (Phi) is 15.3. The highest BCUT2D eigenvalue weighted by Crippen LogP contribution is 2.40. The number of hydrogen-bond acceptors (Lipinski definition) is 3. The predicted octanol–water partition coefficient (Wildman–Crippen LogP) is 10.3. The maximum atomic E-state index is 13.8. The lowest BCUT2D eigenvalue weighted by molar-refractivity contribution is -0.129. The molecule has 0 spiro atoms. The number of carbonyl (C=O) groups excluding carboxylic acids is 3. The van der Waals surface area contributed by atoms with Crippen molar-refractivity contribution in [2.75, 3.05) is 0 Å². The molecule has 41 heavy (non-hydrogen) atoms. The minimum Gasteiger partial charge on any atom is -0.300 e. The van der Waals surface area contributed by atoms with Crippen LogP contribution in [0.2, 0.25) is 0 Å². The number of aryl methyl sites for hydroxylation is 1. The van der Waals surface area contributed by atoms with Crippen molar-refractivity contribution in [1.82, 2.24) is 0 Å². The van der Waals surface area contributed by atoms with Crippen LogP contribution in [0.4, 0.5) is 0 Å². The Morgan fingerprint density at radius 1 is 1.02 bits per heavy atom. The summed E-state index contributed by atoms with van der Waals surface area (Å²) >= 11 is 0. The third-order valence-electron chi connectivity index (χ3n) is 9.61. The van der Waals surface area contributed by atoms with Gasteiger partial charge in [-0.25, -0.2) is 0 Å². The lowest BCUT2D eigenvalue weighted by Crippen LogP contribution is -2.30. The molecule has 0 fully saturated rings. The van der Waals surface area contributed by atoms with E-state index in [2.05, 4.69) is 54.2 Å². The van der Waals surface area contributed by atoms with Gasteiger partial charge in [0, 0.05) is 17.9 Å². The van der Waals surface area contributed by atoms with E-state index in [4.69, 9.17) is 0 Å². The van der Waals surface area contributed by atoms with Crippen molar-refractivity contribution in [3.8, 4) is 0 Å². The van der Waals surface area contributed by atoms with E-state index in [1.54, 1.807) is 0 Å². The maximum absolute atomic E-state index is 13.8. The SMILES string of the molecule is C=CCCCCCCC(C)CCc1cc(C(C)C)c2c(c1C)C(=O)CC(CC(CCC)C(CC)C(=O)CC(C)=O)C2. The van der Waals surface area contributed by atoms with Gasteiger partial charge in [-0.05, 0) is 105 Å². The zero-order valence-corrected chi connectivity index (χ0v) is 27.6. The van der Waals surface area contributed by atoms with Crippen LogP contribution in [0.3, 0.4) is 0 Å². The van der Waals surface area contributed by atoms with Gasteiger partial charge in [0.25, 0.3) is 0 Å². The van der Waals surface area contributed by atoms with Gasteiger partial charge in [-0.2, -0.15) is 0 Å². The number of ketones is 3. The summed E-state index contributed by atoms with van der Waals surface area (Å²) in [7, 11) is 0. The molecule has 3 heteroatoms. The Hall–Kier alpha value is -2.03. The van der Waals surface area contributed by atoms with Gasteiger partial charge in [-0.1, -0.05) is 85.3 Å². The first-order chi connectivity index (χ1) is 19.5. The molecule has 0 saturated heterocycles. The topological polar surface area (TPSA) is 51.2 Å². The lowest BCUT2D eigenvalue weighted by atomic mass is 9.70. The molecule has 4 unspecified atom stereocenters. The van der Waals surface area contributed by atoms with E-state index in [1.165, 1.54) is 67.7 Å². The molecule has 1 aliphatic rings. The van der Waals surface area contributed by atoms with Gasteiger partial charge >= 0.3 is 0 Å². The molecule has 1 aromatic rings. The molecule has 1 aliphatic carbocycles. The number of rotatable bonds is 20. The molecular weight excluding hydrogens is 504 g/mol. The zero-order valence-electron chi connectivity index (χ0n) is 27.6. The van der Waals surface area contributed by atoms with Gasteiger partial charge in [0.2, 0.25) is 0 Å². The first kappa shape index (κ1) is 35.2. The van der Waals surface area contributed by atoms with Gasteiger partial charge in [0.1, 0.15) is 11.6 Å². The van der Waals surface area contributed by atoms with Crippen LogP contribution in [0.15, 0.2) is 18.7 Å². The molecule has 0 saturated carbocycles. The highest BCUT2D eigenvalue weighted by molar-refractivity contribution is 6.01. The van der Waals surface area contributed by atoms with Crippen LogP contribution in [0, 0.1) is 30.6 Å². The van der Waals surface area contributed by atoms with Crippen LogP contribution in [0.5, 0.6) is 0 Å². The summed E-state index contributed by atoms with van der Waals surface area (Å²) in [4.78, 5) is 38.4. The summed E-state index contributed by atoms with van der Waals surface area (Å²) < 4.78 is 0. The lowest BCUT2D eigenvalue weighted by Gasteiger charge is -2.33. The number of benzene rings is 1. The molecule has 1 aromatic carbocycles. The van der Waals surface area contributed by atoms with Crippen molar-refractivity contribution < 1.29 is 14.4 Å². The molecule has 0 aliphatic heterocycles. The molecule has 0 bridgehead atoms. The smallest absolute Gasteiger partial charge is 0.163 e. The van der Waals surface area contributed by atoms with Crippen LogP contribution in [-0.2, 0) is 22.4 Å². The summed E-state index contributed by atoms with van der Waals surface area (Å²) in [5, 5.41) is 0. The number of unbranched alkanes of at least 4 members (excludes halogenated alkanes) is 4. The molecule has 2 rings (SSSR count). The fraction of sp³-hybridized carbons (Fsp3) is 0.711. The summed E-state index contributed by atoms with van der Waals surface area (Å²) in [5.41, 5.74) is 6.19. The number of carbonyl (C=O) groups is 3. The van der Waals surface area contributed by atoms with Gasteiger partial charge in [0.05, 0.1) is 6.42 Å². The standard InChI is InChI=1S/C38H60O3/c1-9-12-13-14-15-16-18-27(6)19-20-31-25-34(26(4)5)35-23-30(24-37(41)38(35)29(31)8)22-32(17-10-2)33(11-3)36(40)21-28(7)39/h9,25-27,30,32-33H,1,10-24H2,2-8H3. The van der Waals surface area contributed by atoms with Gasteiger partial charge in [-0.15, -0.1) is 6.58 Å².